The lowest BCUT2D eigenvalue weighted by Gasteiger charge is -2.31. The van der Waals surface area contributed by atoms with Gasteiger partial charge in [0.05, 0.1) is 6.10 Å². The van der Waals surface area contributed by atoms with E-state index >= 15 is 0 Å². The number of hydrogen-bond acceptors (Lipinski definition) is 3. The van der Waals surface area contributed by atoms with Crippen molar-refractivity contribution in [3.05, 3.63) is 53.6 Å². The Labute approximate surface area is 143 Å². The SMILES string of the molecule is CCN(c1cccc(Cl)c1)C(C)Oc1ccccc1OC(C)C. The van der Waals surface area contributed by atoms with Crippen LogP contribution in [0.1, 0.15) is 27.7 Å². The average Bonchev–Trinajstić information content (AvgIpc) is 2.49. The highest BCUT2D eigenvalue weighted by Crippen LogP contribution is 2.30. The molecule has 0 fully saturated rings. The summed E-state index contributed by atoms with van der Waals surface area (Å²) < 4.78 is 12.0. The van der Waals surface area contributed by atoms with Crippen molar-refractivity contribution in [2.45, 2.75) is 40.0 Å². The van der Waals surface area contributed by atoms with Gasteiger partial charge in [-0.05, 0) is 58.0 Å². The minimum Gasteiger partial charge on any atom is -0.487 e. The average molecular weight is 334 g/mol. The van der Waals surface area contributed by atoms with Gasteiger partial charge in [-0.3, -0.25) is 0 Å². The summed E-state index contributed by atoms with van der Waals surface area (Å²) in [5.41, 5.74) is 1.04. The van der Waals surface area contributed by atoms with Gasteiger partial charge in [0.25, 0.3) is 0 Å². The topological polar surface area (TPSA) is 21.7 Å². The molecule has 0 aliphatic heterocycles. The minimum atomic E-state index is -0.143. The number of anilines is 1. The first kappa shape index (κ1) is 17.5. The predicted octanol–water partition coefficient (Wildman–Crippen LogP) is 5.38. The lowest BCUT2D eigenvalue weighted by molar-refractivity contribution is 0.186. The van der Waals surface area contributed by atoms with Gasteiger partial charge >= 0.3 is 0 Å². The highest BCUT2D eigenvalue weighted by atomic mass is 35.5. The molecule has 1 atom stereocenters. The number of rotatable bonds is 7. The van der Waals surface area contributed by atoms with E-state index in [4.69, 9.17) is 21.1 Å². The number of nitrogens with zero attached hydrogens (tertiary/aromatic N) is 1. The van der Waals surface area contributed by atoms with Crippen LogP contribution in [-0.4, -0.2) is 18.9 Å². The minimum absolute atomic E-state index is 0.102. The molecule has 0 N–H and O–H groups in total. The molecule has 4 heteroatoms. The Bertz CT molecular complexity index is 630. The van der Waals surface area contributed by atoms with Crippen molar-refractivity contribution < 1.29 is 9.47 Å². The first-order valence-corrected chi connectivity index (χ1v) is 8.33. The molecule has 0 saturated carbocycles. The molecule has 2 aromatic carbocycles. The summed E-state index contributed by atoms with van der Waals surface area (Å²) in [6.07, 6.45) is -0.0411. The highest BCUT2D eigenvalue weighted by molar-refractivity contribution is 6.30. The number of ether oxygens (including phenoxy) is 2. The Kier molecular flexibility index (Phi) is 6.17. The van der Waals surface area contributed by atoms with E-state index < -0.39 is 0 Å². The number of benzene rings is 2. The van der Waals surface area contributed by atoms with Gasteiger partial charge in [0.15, 0.2) is 17.7 Å². The molecule has 2 aromatic rings. The van der Waals surface area contributed by atoms with E-state index in [9.17, 15) is 0 Å². The number of para-hydroxylation sites is 2. The van der Waals surface area contributed by atoms with Gasteiger partial charge in [0, 0.05) is 17.3 Å². The molecule has 0 spiro atoms. The van der Waals surface area contributed by atoms with Crippen LogP contribution in [0, 0.1) is 0 Å². The van der Waals surface area contributed by atoms with Crippen LogP contribution in [0.5, 0.6) is 11.5 Å². The maximum Gasteiger partial charge on any atom is 0.169 e. The van der Waals surface area contributed by atoms with E-state index in [1.165, 1.54) is 0 Å². The van der Waals surface area contributed by atoms with Crippen LogP contribution in [0.15, 0.2) is 48.5 Å². The number of hydrogen-bond donors (Lipinski definition) is 0. The first-order chi connectivity index (χ1) is 11.0. The van der Waals surface area contributed by atoms with E-state index in [2.05, 4.69) is 11.8 Å². The van der Waals surface area contributed by atoms with Gasteiger partial charge in [-0.1, -0.05) is 29.8 Å². The third-order valence-electron chi connectivity index (χ3n) is 3.43. The smallest absolute Gasteiger partial charge is 0.169 e. The molecular formula is C19H24ClNO2. The van der Waals surface area contributed by atoms with Gasteiger partial charge < -0.3 is 14.4 Å². The second-order valence-corrected chi connectivity index (χ2v) is 6.03. The van der Waals surface area contributed by atoms with Crippen LogP contribution in [0.25, 0.3) is 0 Å². The van der Waals surface area contributed by atoms with Crippen molar-refractivity contribution in [3.8, 4) is 11.5 Å². The van der Waals surface area contributed by atoms with E-state index in [-0.39, 0.29) is 12.3 Å². The van der Waals surface area contributed by atoms with Crippen LogP contribution in [-0.2, 0) is 0 Å². The van der Waals surface area contributed by atoms with Gasteiger partial charge in [-0.2, -0.15) is 0 Å². The summed E-state index contributed by atoms with van der Waals surface area (Å²) in [5, 5.41) is 0.719. The Hall–Kier alpha value is -1.87. The lowest BCUT2D eigenvalue weighted by atomic mass is 10.2. The molecule has 0 saturated heterocycles. The molecule has 0 amide bonds. The van der Waals surface area contributed by atoms with Crippen molar-refractivity contribution in [3.63, 3.8) is 0 Å². The van der Waals surface area contributed by atoms with Crippen LogP contribution < -0.4 is 14.4 Å². The number of halogens is 1. The predicted molar refractivity (Wildman–Crippen MR) is 96.8 cm³/mol. The molecule has 23 heavy (non-hydrogen) atoms. The normalized spacial score (nSPS) is 12.1. The van der Waals surface area contributed by atoms with Gasteiger partial charge in [-0.15, -0.1) is 0 Å². The maximum atomic E-state index is 6.15. The molecule has 3 nitrogen and oxygen atoms in total. The third-order valence-corrected chi connectivity index (χ3v) is 3.66. The second-order valence-electron chi connectivity index (χ2n) is 5.60. The quantitative estimate of drug-likeness (QED) is 0.635. The fraction of sp³-hybridized carbons (Fsp3) is 0.368. The van der Waals surface area contributed by atoms with Crippen LogP contribution >= 0.6 is 11.6 Å². The van der Waals surface area contributed by atoms with Gasteiger partial charge in [0.2, 0.25) is 0 Å². The molecule has 0 aliphatic rings. The summed E-state index contributed by atoms with van der Waals surface area (Å²) in [7, 11) is 0. The summed E-state index contributed by atoms with van der Waals surface area (Å²) >= 11 is 6.11. The zero-order chi connectivity index (χ0) is 16.8. The monoisotopic (exact) mass is 333 g/mol. The second kappa shape index (κ2) is 8.11. The van der Waals surface area contributed by atoms with E-state index in [1.807, 2.05) is 69.3 Å². The third kappa shape index (κ3) is 4.80. The first-order valence-electron chi connectivity index (χ1n) is 7.95. The van der Waals surface area contributed by atoms with Crippen LogP contribution in [0.2, 0.25) is 5.02 Å². The summed E-state index contributed by atoms with van der Waals surface area (Å²) in [4.78, 5) is 2.15. The fourth-order valence-corrected chi connectivity index (χ4v) is 2.64. The molecule has 0 bridgehead atoms. The Morgan fingerprint density at radius 1 is 0.957 bits per heavy atom. The molecule has 124 valence electrons. The lowest BCUT2D eigenvalue weighted by Crippen LogP contribution is -2.37. The van der Waals surface area contributed by atoms with Crippen LogP contribution in [0.3, 0.4) is 0 Å². The van der Waals surface area contributed by atoms with Crippen LogP contribution in [0.4, 0.5) is 5.69 Å². The van der Waals surface area contributed by atoms with Gasteiger partial charge in [-0.25, -0.2) is 0 Å². The standard InChI is InChI=1S/C19H24ClNO2/c1-5-21(17-10-8-9-16(20)13-17)15(4)23-19-12-7-6-11-18(19)22-14(2)3/h6-15H,5H2,1-4H3. The molecule has 2 rings (SSSR count). The molecule has 1 unspecified atom stereocenters. The zero-order valence-corrected chi connectivity index (χ0v) is 14.9. The molecule has 0 radical (unpaired) electrons. The summed E-state index contributed by atoms with van der Waals surface area (Å²) in [5.74, 6) is 1.51. The molecule has 0 heterocycles. The Balaban J connectivity index is 2.18. The van der Waals surface area contributed by atoms with E-state index in [0.717, 1.165) is 28.8 Å². The Morgan fingerprint density at radius 3 is 2.17 bits per heavy atom. The van der Waals surface area contributed by atoms with Crippen molar-refractivity contribution in [2.75, 3.05) is 11.4 Å². The zero-order valence-electron chi connectivity index (χ0n) is 14.1. The summed E-state index contributed by atoms with van der Waals surface area (Å²) in [6.45, 7) is 8.94. The van der Waals surface area contributed by atoms with Crippen molar-refractivity contribution in [2.24, 2.45) is 0 Å². The fourth-order valence-electron chi connectivity index (χ4n) is 2.45. The maximum absolute atomic E-state index is 6.15. The highest BCUT2D eigenvalue weighted by Gasteiger charge is 2.17. The molecule has 0 aromatic heterocycles. The molecular weight excluding hydrogens is 310 g/mol. The van der Waals surface area contributed by atoms with Crippen molar-refractivity contribution in [1.82, 2.24) is 0 Å². The van der Waals surface area contributed by atoms with Crippen molar-refractivity contribution >= 4 is 17.3 Å². The van der Waals surface area contributed by atoms with E-state index in [0.29, 0.717) is 0 Å². The van der Waals surface area contributed by atoms with Gasteiger partial charge in [0.1, 0.15) is 0 Å². The molecule has 0 aliphatic carbocycles. The van der Waals surface area contributed by atoms with Crippen molar-refractivity contribution in [1.29, 1.82) is 0 Å². The largest absolute Gasteiger partial charge is 0.487 e. The van der Waals surface area contributed by atoms with E-state index in [1.54, 1.807) is 0 Å². The summed E-state index contributed by atoms with van der Waals surface area (Å²) in [6, 6.07) is 15.6. The Morgan fingerprint density at radius 2 is 1.61 bits per heavy atom.